The highest BCUT2D eigenvalue weighted by Crippen LogP contribution is 2.32. The van der Waals surface area contributed by atoms with E-state index >= 15 is 0 Å². The van der Waals surface area contributed by atoms with Crippen molar-refractivity contribution in [2.75, 3.05) is 57.9 Å². The van der Waals surface area contributed by atoms with E-state index < -0.39 is 6.03 Å². The van der Waals surface area contributed by atoms with E-state index in [1.807, 2.05) is 4.90 Å². The Morgan fingerprint density at radius 2 is 1.72 bits per heavy atom. The fraction of sp³-hybridized carbons (Fsp3) is 0.667. The van der Waals surface area contributed by atoms with E-state index in [1.165, 1.54) is 24.9 Å². The average Bonchev–Trinajstić information content (AvgIpc) is 2.88. The summed E-state index contributed by atoms with van der Waals surface area (Å²) >= 11 is 0. The van der Waals surface area contributed by atoms with Crippen molar-refractivity contribution in [1.82, 2.24) is 15.1 Å². The molecule has 0 spiro atoms. The van der Waals surface area contributed by atoms with E-state index in [2.05, 4.69) is 24.1 Å². The summed E-state index contributed by atoms with van der Waals surface area (Å²) in [5.41, 5.74) is 1.03. The highest BCUT2D eigenvalue weighted by molar-refractivity contribution is 6.07. The molecule has 198 valence electrons. The van der Waals surface area contributed by atoms with Crippen LogP contribution in [0.4, 0.5) is 10.5 Å². The number of ether oxygens (including phenoxy) is 2. The fourth-order valence-corrected chi connectivity index (χ4v) is 5.36. The zero-order chi connectivity index (χ0) is 25.7. The standard InChI is InChI=1S/C27H40N4O5/c1-19(2)36-18-21-6-11-29(12-7-21)17-20-8-13-30(14-9-20)26(33)22-4-5-24(35-3)23(16-22)31-15-10-25(32)28-27(31)34/h4-5,16,19-21H,6-15,17-18H2,1-3H3,(H,28,32,34). The van der Waals surface area contributed by atoms with Crippen LogP contribution >= 0.6 is 0 Å². The average molecular weight is 501 g/mol. The predicted octanol–water partition coefficient (Wildman–Crippen LogP) is 3.13. The first kappa shape index (κ1) is 26.4. The van der Waals surface area contributed by atoms with Crippen molar-refractivity contribution in [3.63, 3.8) is 0 Å². The van der Waals surface area contributed by atoms with Crippen LogP contribution in [-0.2, 0) is 9.53 Å². The van der Waals surface area contributed by atoms with Gasteiger partial charge in [-0.1, -0.05) is 0 Å². The van der Waals surface area contributed by atoms with Crippen LogP contribution in [0.5, 0.6) is 5.75 Å². The van der Waals surface area contributed by atoms with Crippen molar-refractivity contribution in [2.24, 2.45) is 11.8 Å². The van der Waals surface area contributed by atoms with Crippen LogP contribution in [0.15, 0.2) is 18.2 Å². The molecule has 0 radical (unpaired) electrons. The number of nitrogens with one attached hydrogen (secondary N) is 1. The Balaban J connectivity index is 1.29. The Morgan fingerprint density at radius 3 is 2.36 bits per heavy atom. The molecule has 3 saturated heterocycles. The van der Waals surface area contributed by atoms with E-state index in [0.29, 0.717) is 34.9 Å². The molecule has 1 aromatic carbocycles. The van der Waals surface area contributed by atoms with E-state index in [9.17, 15) is 14.4 Å². The number of carbonyl (C=O) groups is 3. The summed E-state index contributed by atoms with van der Waals surface area (Å²) in [5, 5.41) is 2.33. The van der Waals surface area contributed by atoms with Crippen molar-refractivity contribution in [2.45, 2.75) is 52.1 Å². The van der Waals surface area contributed by atoms with Gasteiger partial charge in [0.25, 0.3) is 5.91 Å². The molecular weight excluding hydrogens is 460 g/mol. The summed E-state index contributed by atoms with van der Waals surface area (Å²) in [4.78, 5) is 43.2. The number of benzene rings is 1. The van der Waals surface area contributed by atoms with Gasteiger partial charge in [0.05, 0.1) is 18.9 Å². The van der Waals surface area contributed by atoms with Gasteiger partial charge in [0.1, 0.15) is 5.75 Å². The monoisotopic (exact) mass is 500 g/mol. The number of methoxy groups -OCH3 is 1. The number of anilines is 1. The van der Waals surface area contributed by atoms with Crippen LogP contribution in [0.25, 0.3) is 0 Å². The van der Waals surface area contributed by atoms with Gasteiger partial charge in [-0.15, -0.1) is 0 Å². The lowest BCUT2D eigenvalue weighted by Gasteiger charge is -2.38. The molecule has 3 aliphatic rings. The van der Waals surface area contributed by atoms with Crippen LogP contribution in [-0.4, -0.2) is 86.7 Å². The lowest BCUT2D eigenvalue weighted by molar-refractivity contribution is -0.120. The Hall–Kier alpha value is -2.65. The Kier molecular flexibility index (Phi) is 8.85. The lowest BCUT2D eigenvalue weighted by Crippen LogP contribution is -2.49. The largest absolute Gasteiger partial charge is 0.495 e. The molecular formula is C27H40N4O5. The first-order valence-electron chi connectivity index (χ1n) is 13.3. The molecule has 4 amide bonds. The minimum atomic E-state index is -0.494. The molecule has 3 fully saturated rings. The first-order chi connectivity index (χ1) is 17.3. The number of amides is 4. The number of rotatable bonds is 8. The van der Waals surface area contributed by atoms with E-state index in [1.54, 1.807) is 18.2 Å². The number of carbonyl (C=O) groups excluding carboxylic acids is 3. The number of nitrogens with zero attached hydrogens (tertiary/aromatic N) is 3. The van der Waals surface area contributed by atoms with Crippen LogP contribution in [0.3, 0.4) is 0 Å². The molecule has 3 heterocycles. The quantitative estimate of drug-likeness (QED) is 0.590. The molecule has 0 atom stereocenters. The maximum atomic E-state index is 13.3. The lowest BCUT2D eigenvalue weighted by atomic mass is 9.93. The van der Waals surface area contributed by atoms with Crippen molar-refractivity contribution in [3.8, 4) is 5.75 Å². The Bertz CT molecular complexity index is 936. The summed E-state index contributed by atoms with van der Waals surface area (Å²) < 4.78 is 11.2. The Labute approximate surface area is 214 Å². The van der Waals surface area contributed by atoms with Gasteiger partial charge in [0, 0.05) is 44.8 Å². The SMILES string of the molecule is COc1ccc(C(=O)N2CCC(CN3CCC(COC(C)C)CC3)CC2)cc1N1CCC(=O)NC1=O. The second-order valence-corrected chi connectivity index (χ2v) is 10.5. The number of imide groups is 1. The first-order valence-corrected chi connectivity index (χ1v) is 13.3. The van der Waals surface area contributed by atoms with Crippen LogP contribution in [0.2, 0.25) is 0 Å². The number of likely N-dealkylation sites (tertiary alicyclic amines) is 2. The molecule has 1 N–H and O–H groups in total. The van der Waals surface area contributed by atoms with Crippen molar-refractivity contribution in [1.29, 1.82) is 0 Å². The van der Waals surface area contributed by atoms with Gasteiger partial charge < -0.3 is 19.3 Å². The number of hydrogen-bond donors (Lipinski definition) is 1. The zero-order valence-electron chi connectivity index (χ0n) is 21.8. The van der Waals surface area contributed by atoms with Crippen LogP contribution < -0.4 is 15.0 Å². The normalized spacial score (nSPS) is 20.7. The van der Waals surface area contributed by atoms with E-state index in [-0.39, 0.29) is 24.8 Å². The fourth-order valence-electron chi connectivity index (χ4n) is 5.36. The predicted molar refractivity (Wildman–Crippen MR) is 137 cm³/mol. The molecule has 36 heavy (non-hydrogen) atoms. The molecule has 0 bridgehead atoms. The summed E-state index contributed by atoms with van der Waals surface area (Å²) in [5.74, 6) is 1.45. The highest BCUT2D eigenvalue weighted by atomic mass is 16.5. The molecule has 9 nitrogen and oxygen atoms in total. The zero-order valence-corrected chi connectivity index (χ0v) is 21.8. The summed E-state index contributed by atoms with van der Waals surface area (Å²) in [6.07, 6.45) is 4.92. The molecule has 3 aliphatic heterocycles. The number of piperidine rings is 2. The molecule has 0 aromatic heterocycles. The van der Waals surface area contributed by atoms with Gasteiger partial charge in [-0.25, -0.2) is 4.79 Å². The molecule has 9 heteroatoms. The van der Waals surface area contributed by atoms with E-state index in [4.69, 9.17) is 9.47 Å². The summed E-state index contributed by atoms with van der Waals surface area (Å²) in [6.45, 7) is 10.2. The number of hydrogen-bond acceptors (Lipinski definition) is 6. The van der Waals surface area contributed by atoms with Crippen molar-refractivity contribution >= 4 is 23.5 Å². The molecule has 0 aliphatic carbocycles. The second-order valence-electron chi connectivity index (χ2n) is 10.5. The van der Waals surface area contributed by atoms with Gasteiger partial charge in [-0.05, 0) is 82.7 Å². The second kappa shape index (κ2) is 12.1. The minimum absolute atomic E-state index is 0.0307. The summed E-state index contributed by atoms with van der Waals surface area (Å²) in [6, 6.07) is 4.67. The maximum absolute atomic E-state index is 13.3. The minimum Gasteiger partial charge on any atom is -0.495 e. The van der Waals surface area contributed by atoms with Crippen molar-refractivity contribution < 1.29 is 23.9 Å². The third kappa shape index (κ3) is 6.56. The maximum Gasteiger partial charge on any atom is 0.328 e. The molecule has 0 unspecified atom stereocenters. The third-order valence-electron chi connectivity index (χ3n) is 7.56. The Morgan fingerprint density at radius 1 is 1.03 bits per heavy atom. The van der Waals surface area contributed by atoms with Crippen molar-refractivity contribution in [3.05, 3.63) is 23.8 Å². The van der Waals surface area contributed by atoms with Gasteiger partial charge in [0.15, 0.2) is 0 Å². The number of urea groups is 1. The van der Waals surface area contributed by atoms with E-state index in [0.717, 1.165) is 52.2 Å². The topological polar surface area (TPSA) is 91.4 Å². The van der Waals surface area contributed by atoms with Crippen LogP contribution in [0.1, 0.15) is 56.3 Å². The molecule has 1 aromatic rings. The highest BCUT2D eigenvalue weighted by Gasteiger charge is 2.30. The summed E-state index contributed by atoms with van der Waals surface area (Å²) in [7, 11) is 1.53. The smallest absolute Gasteiger partial charge is 0.328 e. The third-order valence-corrected chi connectivity index (χ3v) is 7.56. The molecule has 0 saturated carbocycles. The van der Waals surface area contributed by atoms with Gasteiger partial charge >= 0.3 is 6.03 Å². The van der Waals surface area contributed by atoms with Gasteiger partial charge in [0.2, 0.25) is 5.91 Å². The van der Waals surface area contributed by atoms with Crippen LogP contribution in [0, 0.1) is 11.8 Å². The molecule has 4 rings (SSSR count). The van der Waals surface area contributed by atoms with Gasteiger partial charge in [-0.3, -0.25) is 19.8 Å². The van der Waals surface area contributed by atoms with Gasteiger partial charge in [-0.2, -0.15) is 0 Å².